The van der Waals surface area contributed by atoms with Gasteiger partial charge in [-0.25, -0.2) is 0 Å². The van der Waals surface area contributed by atoms with Crippen molar-refractivity contribution >= 4 is 16.6 Å². The van der Waals surface area contributed by atoms with Gasteiger partial charge in [0.1, 0.15) is 0 Å². The van der Waals surface area contributed by atoms with E-state index >= 15 is 0 Å². The quantitative estimate of drug-likeness (QED) is 0.872. The molecule has 0 bridgehead atoms. The summed E-state index contributed by atoms with van der Waals surface area (Å²) < 4.78 is 0. The van der Waals surface area contributed by atoms with Crippen molar-refractivity contribution in [3.8, 4) is 0 Å². The Balaban J connectivity index is 1.94. The number of para-hydroxylation sites is 1. The van der Waals surface area contributed by atoms with Crippen LogP contribution in [0.3, 0.4) is 0 Å². The lowest BCUT2D eigenvalue weighted by Crippen LogP contribution is -2.20. The topological polar surface area (TPSA) is 28.2 Å². The standard InChI is InChI=1S/C17H23N3/c1-3-10-20(2)17-11-14(12-18-13-8-9-13)19-16-7-5-4-6-15(16)17/h4-7,11,13,18H,3,8-10,12H2,1-2H3. The number of aromatic nitrogens is 1. The maximum absolute atomic E-state index is 4.79. The minimum Gasteiger partial charge on any atom is -0.374 e. The highest BCUT2D eigenvalue weighted by atomic mass is 15.1. The fraction of sp³-hybridized carbons (Fsp3) is 0.471. The van der Waals surface area contributed by atoms with E-state index in [2.05, 4.69) is 54.5 Å². The molecule has 3 heteroatoms. The fourth-order valence-electron chi connectivity index (χ4n) is 2.61. The molecule has 1 saturated carbocycles. The second kappa shape index (κ2) is 5.80. The molecule has 0 aliphatic heterocycles. The van der Waals surface area contributed by atoms with Crippen LogP contribution in [0, 0.1) is 0 Å². The van der Waals surface area contributed by atoms with Crippen LogP contribution in [0.25, 0.3) is 10.9 Å². The van der Waals surface area contributed by atoms with Crippen LogP contribution >= 0.6 is 0 Å². The molecule has 1 fully saturated rings. The van der Waals surface area contributed by atoms with E-state index in [-0.39, 0.29) is 0 Å². The zero-order chi connectivity index (χ0) is 13.9. The molecule has 0 saturated heterocycles. The van der Waals surface area contributed by atoms with E-state index in [4.69, 9.17) is 4.98 Å². The Kier molecular flexibility index (Phi) is 3.88. The monoisotopic (exact) mass is 269 g/mol. The summed E-state index contributed by atoms with van der Waals surface area (Å²) in [6.07, 6.45) is 3.79. The maximum Gasteiger partial charge on any atom is 0.0726 e. The summed E-state index contributed by atoms with van der Waals surface area (Å²) in [4.78, 5) is 7.13. The fourth-order valence-corrected chi connectivity index (χ4v) is 2.61. The molecule has 0 unspecified atom stereocenters. The SMILES string of the molecule is CCCN(C)c1cc(CNC2CC2)nc2ccccc12. The summed E-state index contributed by atoms with van der Waals surface area (Å²) in [7, 11) is 2.17. The average molecular weight is 269 g/mol. The van der Waals surface area contributed by atoms with E-state index in [9.17, 15) is 0 Å². The molecule has 1 aliphatic carbocycles. The Hall–Kier alpha value is -1.61. The summed E-state index contributed by atoms with van der Waals surface area (Å²) in [5, 5.41) is 4.80. The molecule has 0 radical (unpaired) electrons. The van der Waals surface area contributed by atoms with E-state index in [0.29, 0.717) is 0 Å². The molecule has 1 aliphatic rings. The molecule has 1 heterocycles. The van der Waals surface area contributed by atoms with Gasteiger partial charge in [0.15, 0.2) is 0 Å². The Labute approximate surface area is 121 Å². The highest BCUT2D eigenvalue weighted by Gasteiger charge is 2.20. The molecular weight excluding hydrogens is 246 g/mol. The number of nitrogens with zero attached hydrogens (tertiary/aromatic N) is 2. The average Bonchev–Trinajstić information content (AvgIpc) is 3.28. The third-order valence-corrected chi connectivity index (χ3v) is 3.87. The summed E-state index contributed by atoms with van der Waals surface area (Å²) >= 11 is 0. The number of rotatable bonds is 6. The first-order chi connectivity index (χ1) is 9.78. The van der Waals surface area contributed by atoms with Crippen LogP contribution < -0.4 is 10.2 Å². The second-order valence-electron chi connectivity index (χ2n) is 5.73. The summed E-state index contributed by atoms with van der Waals surface area (Å²) in [6, 6.07) is 11.4. The van der Waals surface area contributed by atoms with E-state index in [0.717, 1.165) is 36.8 Å². The molecule has 1 N–H and O–H groups in total. The van der Waals surface area contributed by atoms with Gasteiger partial charge in [-0.15, -0.1) is 0 Å². The minimum atomic E-state index is 0.722. The Bertz CT molecular complexity index is 590. The van der Waals surface area contributed by atoms with Crippen molar-refractivity contribution in [2.24, 2.45) is 0 Å². The number of nitrogens with one attached hydrogen (secondary N) is 1. The molecule has 3 rings (SSSR count). The van der Waals surface area contributed by atoms with Gasteiger partial charge in [0.25, 0.3) is 0 Å². The molecule has 1 aromatic heterocycles. The number of hydrogen-bond donors (Lipinski definition) is 1. The highest BCUT2D eigenvalue weighted by molar-refractivity contribution is 5.91. The largest absolute Gasteiger partial charge is 0.374 e. The van der Waals surface area contributed by atoms with E-state index < -0.39 is 0 Å². The summed E-state index contributed by atoms with van der Waals surface area (Å²) in [6.45, 7) is 4.17. The van der Waals surface area contributed by atoms with E-state index in [1.165, 1.54) is 23.9 Å². The zero-order valence-electron chi connectivity index (χ0n) is 12.4. The molecule has 0 amide bonds. The molecular formula is C17H23N3. The van der Waals surface area contributed by atoms with E-state index in [1.54, 1.807) is 0 Å². The third-order valence-electron chi connectivity index (χ3n) is 3.87. The van der Waals surface area contributed by atoms with Gasteiger partial charge in [-0.1, -0.05) is 25.1 Å². The number of pyridine rings is 1. The van der Waals surface area contributed by atoms with Crippen molar-refractivity contribution in [2.45, 2.75) is 38.8 Å². The molecule has 3 nitrogen and oxygen atoms in total. The maximum atomic E-state index is 4.79. The van der Waals surface area contributed by atoms with Crippen LogP contribution in [0.5, 0.6) is 0 Å². The first-order valence-corrected chi connectivity index (χ1v) is 7.61. The molecule has 20 heavy (non-hydrogen) atoms. The van der Waals surface area contributed by atoms with Crippen molar-refractivity contribution < 1.29 is 0 Å². The highest BCUT2D eigenvalue weighted by Crippen LogP contribution is 2.27. The van der Waals surface area contributed by atoms with Gasteiger partial charge >= 0.3 is 0 Å². The lowest BCUT2D eigenvalue weighted by atomic mass is 10.1. The molecule has 106 valence electrons. The third kappa shape index (κ3) is 2.93. The van der Waals surface area contributed by atoms with Crippen LogP contribution in [0.15, 0.2) is 30.3 Å². The van der Waals surface area contributed by atoms with Crippen molar-refractivity contribution in [2.75, 3.05) is 18.5 Å². The number of hydrogen-bond acceptors (Lipinski definition) is 3. The minimum absolute atomic E-state index is 0.722. The number of anilines is 1. The van der Waals surface area contributed by atoms with Crippen molar-refractivity contribution in [3.63, 3.8) is 0 Å². The van der Waals surface area contributed by atoms with Gasteiger partial charge < -0.3 is 10.2 Å². The Morgan fingerprint density at radius 3 is 2.85 bits per heavy atom. The normalized spacial score (nSPS) is 14.7. The predicted octanol–water partition coefficient (Wildman–Crippen LogP) is 3.33. The van der Waals surface area contributed by atoms with Crippen molar-refractivity contribution in [3.05, 3.63) is 36.0 Å². The van der Waals surface area contributed by atoms with Gasteiger partial charge in [0.2, 0.25) is 0 Å². The Morgan fingerprint density at radius 1 is 1.30 bits per heavy atom. The number of fused-ring (bicyclic) bond motifs is 1. The first-order valence-electron chi connectivity index (χ1n) is 7.61. The Morgan fingerprint density at radius 2 is 2.10 bits per heavy atom. The van der Waals surface area contributed by atoms with Crippen molar-refractivity contribution in [1.29, 1.82) is 0 Å². The van der Waals surface area contributed by atoms with Crippen LogP contribution in [-0.2, 0) is 6.54 Å². The van der Waals surface area contributed by atoms with Crippen LogP contribution in [0.2, 0.25) is 0 Å². The molecule has 1 aromatic carbocycles. The van der Waals surface area contributed by atoms with Gasteiger partial charge in [0.05, 0.1) is 11.2 Å². The van der Waals surface area contributed by atoms with Crippen LogP contribution in [0.1, 0.15) is 31.9 Å². The van der Waals surface area contributed by atoms with E-state index in [1.807, 2.05) is 0 Å². The van der Waals surface area contributed by atoms with Crippen LogP contribution in [0.4, 0.5) is 5.69 Å². The molecule has 2 aromatic rings. The molecule has 0 spiro atoms. The van der Waals surface area contributed by atoms with Crippen molar-refractivity contribution in [1.82, 2.24) is 10.3 Å². The lowest BCUT2D eigenvalue weighted by Gasteiger charge is -2.21. The smallest absolute Gasteiger partial charge is 0.0726 e. The van der Waals surface area contributed by atoms with Gasteiger partial charge in [-0.05, 0) is 31.4 Å². The lowest BCUT2D eigenvalue weighted by molar-refractivity contribution is 0.676. The summed E-state index contributed by atoms with van der Waals surface area (Å²) in [5.41, 5.74) is 3.54. The zero-order valence-corrected chi connectivity index (χ0v) is 12.4. The summed E-state index contributed by atoms with van der Waals surface area (Å²) in [5.74, 6) is 0. The number of benzene rings is 1. The van der Waals surface area contributed by atoms with Gasteiger partial charge in [0, 0.05) is 37.3 Å². The van der Waals surface area contributed by atoms with Crippen LogP contribution in [-0.4, -0.2) is 24.6 Å². The molecule has 0 atom stereocenters. The second-order valence-corrected chi connectivity index (χ2v) is 5.73. The first kappa shape index (κ1) is 13.4. The predicted molar refractivity (Wildman–Crippen MR) is 85.2 cm³/mol. The van der Waals surface area contributed by atoms with Gasteiger partial charge in [-0.2, -0.15) is 0 Å². The van der Waals surface area contributed by atoms with Gasteiger partial charge in [-0.3, -0.25) is 4.98 Å².